The van der Waals surface area contributed by atoms with E-state index in [1.54, 1.807) is 11.3 Å². The van der Waals surface area contributed by atoms with Gasteiger partial charge in [-0.25, -0.2) is 4.98 Å². The van der Waals surface area contributed by atoms with Crippen LogP contribution in [0.2, 0.25) is 5.15 Å². The van der Waals surface area contributed by atoms with Crippen LogP contribution in [-0.4, -0.2) is 15.4 Å². The molecule has 1 fully saturated rings. The van der Waals surface area contributed by atoms with Gasteiger partial charge in [0.15, 0.2) is 10.1 Å². The Balaban J connectivity index is 1.73. The predicted octanol–water partition coefficient (Wildman–Crippen LogP) is 2.94. The minimum atomic E-state index is 0.631. The number of aromatic nitrogens is 2. The van der Waals surface area contributed by atoms with E-state index in [1.807, 2.05) is 11.6 Å². The molecule has 1 saturated carbocycles. The zero-order chi connectivity index (χ0) is 11.1. The van der Waals surface area contributed by atoms with Crippen LogP contribution in [0.15, 0.2) is 11.6 Å². The van der Waals surface area contributed by atoms with Crippen LogP contribution in [-0.2, 0) is 6.54 Å². The smallest absolute Gasteiger partial charge is 0.195 e. The Morgan fingerprint density at radius 2 is 2.44 bits per heavy atom. The number of imidazole rings is 1. The lowest BCUT2D eigenvalue weighted by atomic mass is 9.82. The minimum absolute atomic E-state index is 0.631. The van der Waals surface area contributed by atoms with Crippen molar-refractivity contribution in [3.05, 3.63) is 22.4 Å². The summed E-state index contributed by atoms with van der Waals surface area (Å²) in [5.41, 5.74) is 1.08. The summed E-state index contributed by atoms with van der Waals surface area (Å²) in [4.78, 5) is 5.29. The van der Waals surface area contributed by atoms with Crippen molar-refractivity contribution in [1.29, 1.82) is 0 Å². The molecule has 16 heavy (non-hydrogen) atoms. The van der Waals surface area contributed by atoms with Crippen molar-refractivity contribution in [3.8, 4) is 0 Å². The summed E-state index contributed by atoms with van der Waals surface area (Å²) in [6, 6.07) is 0.662. The zero-order valence-electron chi connectivity index (χ0n) is 9.11. The highest BCUT2D eigenvalue weighted by molar-refractivity contribution is 7.15. The molecule has 0 radical (unpaired) electrons. The van der Waals surface area contributed by atoms with Crippen LogP contribution in [0.3, 0.4) is 0 Å². The highest BCUT2D eigenvalue weighted by Crippen LogP contribution is 2.27. The molecule has 3 nitrogen and oxygen atoms in total. The van der Waals surface area contributed by atoms with Crippen LogP contribution >= 0.6 is 22.9 Å². The van der Waals surface area contributed by atoms with E-state index in [4.69, 9.17) is 11.6 Å². The highest BCUT2D eigenvalue weighted by atomic mass is 35.5. The summed E-state index contributed by atoms with van der Waals surface area (Å²) in [5, 5.41) is 6.20. The zero-order valence-corrected chi connectivity index (χ0v) is 10.7. The van der Waals surface area contributed by atoms with Crippen molar-refractivity contribution in [1.82, 2.24) is 14.7 Å². The van der Waals surface area contributed by atoms with E-state index >= 15 is 0 Å². The van der Waals surface area contributed by atoms with Crippen LogP contribution in [0, 0.1) is 5.92 Å². The number of fused-ring (bicyclic) bond motifs is 1. The van der Waals surface area contributed by atoms with Gasteiger partial charge in [0.2, 0.25) is 0 Å². The summed E-state index contributed by atoms with van der Waals surface area (Å²) < 4.78 is 2.07. The van der Waals surface area contributed by atoms with E-state index in [0.717, 1.165) is 23.1 Å². The quantitative estimate of drug-likeness (QED) is 0.914. The molecule has 0 atom stereocenters. The number of nitrogens with zero attached hydrogens (tertiary/aromatic N) is 2. The first-order valence-corrected chi connectivity index (χ1v) is 6.83. The molecule has 2 aromatic heterocycles. The summed E-state index contributed by atoms with van der Waals surface area (Å²) in [6.07, 6.45) is 4.59. The van der Waals surface area contributed by atoms with Gasteiger partial charge in [-0.3, -0.25) is 4.40 Å². The SMILES string of the molecule is CC1CC(NCc2c(Cl)nc3sccn23)C1. The second-order valence-corrected chi connectivity index (χ2v) is 5.79. The number of hydrogen-bond donors (Lipinski definition) is 1. The van der Waals surface area contributed by atoms with Crippen molar-refractivity contribution in [2.45, 2.75) is 32.4 Å². The summed E-state index contributed by atoms with van der Waals surface area (Å²) >= 11 is 7.73. The Hall–Kier alpha value is -0.580. The van der Waals surface area contributed by atoms with E-state index in [1.165, 1.54) is 12.8 Å². The van der Waals surface area contributed by atoms with Gasteiger partial charge < -0.3 is 5.32 Å². The van der Waals surface area contributed by atoms with Gasteiger partial charge in [0.1, 0.15) is 0 Å². The molecular formula is C11H14ClN3S. The number of nitrogens with one attached hydrogen (secondary N) is 1. The monoisotopic (exact) mass is 255 g/mol. The van der Waals surface area contributed by atoms with Gasteiger partial charge in [-0.05, 0) is 18.8 Å². The van der Waals surface area contributed by atoms with Gasteiger partial charge in [0.05, 0.1) is 5.69 Å². The van der Waals surface area contributed by atoms with Gasteiger partial charge in [0.25, 0.3) is 0 Å². The first kappa shape index (κ1) is 10.6. The third-order valence-corrected chi connectivity index (χ3v) is 4.30. The Morgan fingerprint density at radius 3 is 3.19 bits per heavy atom. The fourth-order valence-corrected chi connectivity index (χ4v) is 3.30. The van der Waals surface area contributed by atoms with E-state index in [9.17, 15) is 0 Å². The van der Waals surface area contributed by atoms with E-state index in [2.05, 4.69) is 21.6 Å². The lowest BCUT2D eigenvalue weighted by molar-refractivity contribution is 0.239. The molecule has 0 unspecified atom stereocenters. The van der Waals surface area contributed by atoms with E-state index in [-0.39, 0.29) is 0 Å². The Labute approximate surface area is 103 Å². The molecule has 0 amide bonds. The fourth-order valence-electron chi connectivity index (χ4n) is 2.27. The Kier molecular flexibility index (Phi) is 2.65. The van der Waals surface area contributed by atoms with Crippen LogP contribution < -0.4 is 5.32 Å². The molecule has 2 heterocycles. The fraction of sp³-hybridized carbons (Fsp3) is 0.545. The third-order valence-electron chi connectivity index (χ3n) is 3.24. The number of rotatable bonds is 3. The topological polar surface area (TPSA) is 29.3 Å². The molecule has 2 aromatic rings. The third kappa shape index (κ3) is 1.75. The van der Waals surface area contributed by atoms with Crippen molar-refractivity contribution in [2.75, 3.05) is 0 Å². The molecule has 0 aromatic carbocycles. The van der Waals surface area contributed by atoms with Crippen molar-refractivity contribution in [2.24, 2.45) is 5.92 Å². The first-order valence-electron chi connectivity index (χ1n) is 5.57. The average Bonchev–Trinajstić information content (AvgIpc) is 2.72. The first-order chi connectivity index (χ1) is 7.74. The Morgan fingerprint density at radius 1 is 1.62 bits per heavy atom. The van der Waals surface area contributed by atoms with Crippen LogP contribution in [0.5, 0.6) is 0 Å². The summed E-state index contributed by atoms with van der Waals surface area (Å²) in [6.45, 7) is 3.11. The molecular weight excluding hydrogens is 242 g/mol. The molecule has 0 aliphatic heterocycles. The number of halogens is 1. The van der Waals surface area contributed by atoms with Crippen molar-refractivity contribution < 1.29 is 0 Å². The molecule has 0 saturated heterocycles. The molecule has 0 bridgehead atoms. The molecule has 1 aliphatic rings. The van der Waals surface area contributed by atoms with Crippen LogP contribution in [0.25, 0.3) is 4.96 Å². The largest absolute Gasteiger partial charge is 0.308 e. The predicted molar refractivity (Wildman–Crippen MR) is 67.1 cm³/mol. The van der Waals surface area contributed by atoms with Gasteiger partial charge >= 0.3 is 0 Å². The number of hydrogen-bond acceptors (Lipinski definition) is 3. The van der Waals surface area contributed by atoms with E-state index in [0.29, 0.717) is 11.2 Å². The molecule has 3 rings (SSSR count). The molecule has 86 valence electrons. The summed E-state index contributed by atoms with van der Waals surface area (Å²) in [5.74, 6) is 0.875. The number of thiazole rings is 1. The van der Waals surface area contributed by atoms with Gasteiger partial charge in [0, 0.05) is 24.2 Å². The average molecular weight is 256 g/mol. The molecule has 1 aliphatic carbocycles. The van der Waals surface area contributed by atoms with Crippen LogP contribution in [0.1, 0.15) is 25.5 Å². The van der Waals surface area contributed by atoms with Gasteiger partial charge in [-0.2, -0.15) is 0 Å². The maximum Gasteiger partial charge on any atom is 0.195 e. The van der Waals surface area contributed by atoms with Gasteiger partial charge in [-0.1, -0.05) is 18.5 Å². The molecule has 0 spiro atoms. The highest BCUT2D eigenvalue weighted by Gasteiger charge is 2.25. The second kappa shape index (κ2) is 4.02. The lowest BCUT2D eigenvalue weighted by Gasteiger charge is -2.33. The van der Waals surface area contributed by atoms with Crippen LogP contribution in [0.4, 0.5) is 0 Å². The second-order valence-electron chi connectivity index (χ2n) is 4.56. The van der Waals surface area contributed by atoms with E-state index < -0.39 is 0 Å². The lowest BCUT2D eigenvalue weighted by Crippen LogP contribution is -2.39. The molecule has 5 heteroatoms. The Bertz CT molecular complexity index is 498. The summed E-state index contributed by atoms with van der Waals surface area (Å²) in [7, 11) is 0. The minimum Gasteiger partial charge on any atom is -0.308 e. The van der Waals surface area contributed by atoms with Crippen molar-refractivity contribution >= 4 is 27.9 Å². The normalized spacial score (nSPS) is 24.9. The standard InChI is InChI=1S/C11H14ClN3S/c1-7-4-8(5-7)13-6-9-10(12)14-11-15(9)2-3-16-11/h2-3,7-8,13H,4-6H2,1H3. The van der Waals surface area contributed by atoms with Crippen molar-refractivity contribution in [3.63, 3.8) is 0 Å². The maximum absolute atomic E-state index is 6.12. The maximum atomic E-state index is 6.12. The van der Waals surface area contributed by atoms with Gasteiger partial charge in [-0.15, -0.1) is 11.3 Å². The molecule has 1 N–H and O–H groups in total.